The van der Waals surface area contributed by atoms with E-state index in [2.05, 4.69) is 20.5 Å². The van der Waals surface area contributed by atoms with Gasteiger partial charge in [0.2, 0.25) is 0 Å². The minimum Gasteiger partial charge on any atom is -0.496 e. The molecule has 0 spiro atoms. The molecule has 146 valence electrons. The van der Waals surface area contributed by atoms with Gasteiger partial charge in [-0.2, -0.15) is 5.10 Å². The normalized spacial score (nSPS) is 11.3. The van der Waals surface area contributed by atoms with Crippen molar-refractivity contribution < 1.29 is 9.53 Å². The number of carbonyl (C=O) groups is 1. The molecule has 0 bridgehead atoms. The number of hydrazone groups is 1. The monoisotopic (exact) mass is 424 g/mol. The summed E-state index contributed by atoms with van der Waals surface area (Å²) in [7, 11) is 1.57. The number of hydrogen-bond acceptors (Lipinski definition) is 5. The molecule has 6 nitrogen and oxygen atoms in total. The molecule has 8 heteroatoms. The number of H-pyrrole nitrogens is 1. The van der Waals surface area contributed by atoms with Gasteiger partial charge in [-0.1, -0.05) is 23.7 Å². The third kappa shape index (κ3) is 3.87. The van der Waals surface area contributed by atoms with Crippen LogP contribution in [-0.2, 0) is 0 Å². The van der Waals surface area contributed by atoms with Crippen molar-refractivity contribution in [3.8, 4) is 16.3 Å². The quantitative estimate of drug-likeness (QED) is 0.348. The molecule has 2 aromatic carbocycles. The van der Waals surface area contributed by atoms with Crippen molar-refractivity contribution in [3.05, 3.63) is 69.8 Å². The van der Waals surface area contributed by atoms with Gasteiger partial charge in [-0.3, -0.25) is 4.79 Å². The van der Waals surface area contributed by atoms with Crippen LogP contribution >= 0.6 is 22.9 Å². The lowest BCUT2D eigenvalue weighted by atomic mass is 10.1. The Hall–Kier alpha value is -3.16. The third-order valence-corrected chi connectivity index (χ3v) is 5.82. The maximum Gasteiger partial charge on any atom is 0.283 e. The van der Waals surface area contributed by atoms with Crippen molar-refractivity contribution in [3.63, 3.8) is 0 Å². The SMILES string of the molecule is COc1cc(Cl)ccc1-c1nc(C)c(C(=O)NN=Cc2cccc3[nH]ccc23)s1. The van der Waals surface area contributed by atoms with E-state index in [-0.39, 0.29) is 5.91 Å². The largest absolute Gasteiger partial charge is 0.496 e. The summed E-state index contributed by atoms with van der Waals surface area (Å²) in [5.41, 5.74) is 5.92. The molecule has 29 heavy (non-hydrogen) atoms. The number of aromatic amines is 1. The van der Waals surface area contributed by atoms with Gasteiger partial charge in [-0.05, 0) is 37.3 Å². The average molecular weight is 425 g/mol. The van der Waals surface area contributed by atoms with Crippen molar-refractivity contribution >= 4 is 46.0 Å². The Bertz CT molecular complexity index is 1230. The van der Waals surface area contributed by atoms with E-state index in [1.165, 1.54) is 11.3 Å². The van der Waals surface area contributed by atoms with Gasteiger partial charge < -0.3 is 9.72 Å². The molecule has 0 atom stereocenters. The standard InChI is InChI=1S/C21H17ClN4O2S/c1-12-19(29-21(25-12)16-7-6-14(22)10-18(16)28-2)20(27)26-24-11-13-4-3-5-17-15(13)8-9-23-17/h3-11,23H,1-2H3,(H,26,27). The zero-order valence-electron chi connectivity index (χ0n) is 15.7. The minimum atomic E-state index is -0.309. The molecule has 0 fully saturated rings. The molecular weight excluding hydrogens is 408 g/mol. The predicted octanol–water partition coefficient (Wildman–Crippen LogP) is 5.03. The number of halogens is 1. The Morgan fingerprint density at radius 2 is 2.17 bits per heavy atom. The number of ether oxygens (including phenoxy) is 1. The van der Waals surface area contributed by atoms with E-state index in [0.717, 1.165) is 22.0 Å². The number of aryl methyl sites for hydroxylation is 1. The second kappa shape index (κ2) is 8.06. The van der Waals surface area contributed by atoms with Crippen LogP contribution in [0.3, 0.4) is 0 Å². The van der Waals surface area contributed by atoms with Crippen LogP contribution in [0.25, 0.3) is 21.5 Å². The Morgan fingerprint density at radius 3 is 3.00 bits per heavy atom. The number of methoxy groups -OCH3 is 1. The van der Waals surface area contributed by atoms with E-state index < -0.39 is 0 Å². The highest BCUT2D eigenvalue weighted by Crippen LogP contribution is 2.36. The molecule has 0 radical (unpaired) electrons. The predicted molar refractivity (Wildman–Crippen MR) is 117 cm³/mol. The molecule has 1 amide bonds. The number of fused-ring (bicyclic) bond motifs is 1. The molecule has 4 aromatic rings. The Morgan fingerprint density at radius 1 is 1.31 bits per heavy atom. The van der Waals surface area contributed by atoms with Crippen LogP contribution in [0.2, 0.25) is 5.02 Å². The number of rotatable bonds is 5. The summed E-state index contributed by atoms with van der Waals surface area (Å²) in [6.45, 7) is 1.79. The third-order valence-electron chi connectivity index (χ3n) is 4.40. The number of hydrogen-bond donors (Lipinski definition) is 2. The summed E-state index contributed by atoms with van der Waals surface area (Å²) in [5, 5.41) is 6.41. The minimum absolute atomic E-state index is 0.309. The summed E-state index contributed by atoms with van der Waals surface area (Å²) in [6, 6.07) is 13.1. The first-order valence-corrected chi connectivity index (χ1v) is 9.97. The second-order valence-electron chi connectivity index (χ2n) is 6.26. The van der Waals surface area contributed by atoms with Gasteiger partial charge in [0.25, 0.3) is 5.91 Å². The van der Waals surface area contributed by atoms with Crippen LogP contribution in [-0.4, -0.2) is 29.2 Å². The second-order valence-corrected chi connectivity index (χ2v) is 7.70. The fourth-order valence-corrected chi connectivity index (χ4v) is 4.15. The lowest BCUT2D eigenvalue weighted by Gasteiger charge is -2.05. The lowest BCUT2D eigenvalue weighted by molar-refractivity contribution is 0.0958. The molecule has 0 aliphatic heterocycles. The molecule has 4 rings (SSSR count). The first kappa shape index (κ1) is 19.2. The Labute approximate surface area is 176 Å². The molecular formula is C21H17ClN4O2S. The molecule has 2 N–H and O–H groups in total. The fourth-order valence-electron chi connectivity index (χ4n) is 3.00. The van der Waals surface area contributed by atoms with Crippen molar-refractivity contribution in [2.45, 2.75) is 6.92 Å². The summed E-state index contributed by atoms with van der Waals surface area (Å²) in [4.78, 5) is 20.8. The van der Waals surface area contributed by atoms with E-state index >= 15 is 0 Å². The molecule has 0 aliphatic carbocycles. The number of nitrogens with zero attached hydrogens (tertiary/aromatic N) is 2. The van der Waals surface area contributed by atoms with E-state index in [0.29, 0.717) is 26.4 Å². The number of amides is 1. The molecule has 0 aliphatic rings. The topological polar surface area (TPSA) is 79.4 Å². The maximum absolute atomic E-state index is 12.6. The summed E-state index contributed by atoms with van der Waals surface area (Å²) < 4.78 is 5.39. The van der Waals surface area contributed by atoms with Crippen molar-refractivity contribution in [1.82, 2.24) is 15.4 Å². The van der Waals surface area contributed by atoms with Gasteiger partial charge in [0, 0.05) is 27.7 Å². The van der Waals surface area contributed by atoms with Gasteiger partial charge in [0.1, 0.15) is 15.6 Å². The number of benzene rings is 2. The van der Waals surface area contributed by atoms with Crippen LogP contribution < -0.4 is 10.2 Å². The van der Waals surface area contributed by atoms with Crippen molar-refractivity contribution in [2.75, 3.05) is 7.11 Å². The van der Waals surface area contributed by atoms with Gasteiger partial charge in [-0.15, -0.1) is 11.3 Å². The summed E-state index contributed by atoms with van der Waals surface area (Å²) >= 11 is 7.31. The number of nitrogens with one attached hydrogen (secondary N) is 2. The molecule has 0 saturated carbocycles. The highest BCUT2D eigenvalue weighted by atomic mass is 35.5. The lowest BCUT2D eigenvalue weighted by Crippen LogP contribution is -2.17. The van der Waals surface area contributed by atoms with E-state index in [1.807, 2.05) is 36.5 Å². The summed E-state index contributed by atoms with van der Waals surface area (Å²) in [6.07, 6.45) is 3.50. The van der Waals surface area contributed by atoms with Crippen LogP contribution in [0.1, 0.15) is 20.9 Å². The van der Waals surface area contributed by atoms with Crippen LogP contribution in [0.5, 0.6) is 5.75 Å². The highest BCUT2D eigenvalue weighted by molar-refractivity contribution is 7.17. The van der Waals surface area contributed by atoms with Crippen LogP contribution in [0.4, 0.5) is 0 Å². The van der Waals surface area contributed by atoms with Crippen molar-refractivity contribution in [2.24, 2.45) is 5.10 Å². The molecule has 2 heterocycles. The molecule has 0 saturated heterocycles. The Kier molecular flexibility index (Phi) is 5.33. The fraction of sp³-hybridized carbons (Fsp3) is 0.0952. The van der Waals surface area contributed by atoms with E-state index in [4.69, 9.17) is 16.3 Å². The average Bonchev–Trinajstić information content (AvgIpc) is 3.34. The van der Waals surface area contributed by atoms with Gasteiger partial charge in [-0.25, -0.2) is 10.4 Å². The highest BCUT2D eigenvalue weighted by Gasteiger charge is 2.18. The van der Waals surface area contributed by atoms with Crippen molar-refractivity contribution in [1.29, 1.82) is 0 Å². The van der Waals surface area contributed by atoms with Crippen LogP contribution in [0.15, 0.2) is 53.8 Å². The maximum atomic E-state index is 12.6. The van der Waals surface area contributed by atoms with Gasteiger partial charge in [0.05, 0.1) is 24.6 Å². The van der Waals surface area contributed by atoms with Gasteiger partial charge >= 0.3 is 0 Å². The first-order valence-electron chi connectivity index (χ1n) is 8.77. The molecule has 0 unspecified atom stereocenters. The zero-order valence-corrected chi connectivity index (χ0v) is 17.3. The molecule has 2 aromatic heterocycles. The van der Waals surface area contributed by atoms with E-state index in [9.17, 15) is 4.79 Å². The number of aromatic nitrogens is 2. The smallest absolute Gasteiger partial charge is 0.283 e. The first-order chi connectivity index (χ1) is 14.1. The summed E-state index contributed by atoms with van der Waals surface area (Å²) in [5.74, 6) is 0.299. The number of thiazole rings is 1. The number of carbonyl (C=O) groups excluding carboxylic acids is 1. The van der Waals surface area contributed by atoms with Gasteiger partial charge in [0.15, 0.2) is 0 Å². The Balaban J connectivity index is 1.55. The van der Waals surface area contributed by atoms with E-state index in [1.54, 1.807) is 32.4 Å². The van der Waals surface area contributed by atoms with Crippen LogP contribution in [0, 0.1) is 6.92 Å². The zero-order chi connectivity index (χ0) is 20.4.